The minimum absolute atomic E-state index is 0.0173. The Morgan fingerprint density at radius 3 is 2.48 bits per heavy atom. The van der Waals surface area contributed by atoms with Crippen LogP contribution < -0.4 is 10.1 Å². The van der Waals surface area contributed by atoms with Gasteiger partial charge in [-0.15, -0.1) is 0 Å². The van der Waals surface area contributed by atoms with Gasteiger partial charge in [0.1, 0.15) is 5.75 Å². The number of carboxylic acid groups (broad SMARTS) is 1. The van der Waals surface area contributed by atoms with Gasteiger partial charge in [-0.05, 0) is 36.1 Å². The van der Waals surface area contributed by atoms with Gasteiger partial charge in [-0.25, -0.2) is 4.79 Å². The molecule has 0 radical (unpaired) electrons. The van der Waals surface area contributed by atoms with E-state index < -0.39 is 10.9 Å². The number of non-ortho nitro benzene ring substituents is 1. The van der Waals surface area contributed by atoms with Gasteiger partial charge >= 0.3 is 5.97 Å². The Hall–Kier alpha value is -3.42. The molecule has 2 rings (SSSR count). The van der Waals surface area contributed by atoms with Crippen LogP contribution in [0.2, 0.25) is 0 Å². The largest absolute Gasteiger partial charge is 0.482 e. The van der Waals surface area contributed by atoms with Crippen molar-refractivity contribution >= 4 is 17.6 Å². The molecule has 1 amide bonds. The van der Waals surface area contributed by atoms with E-state index in [0.29, 0.717) is 25.1 Å². The van der Waals surface area contributed by atoms with E-state index in [9.17, 15) is 19.7 Å². The van der Waals surface area contributed by atoms with Crippen molar-refractivity contribution in [3.63, 3.8) is 0 Å². The van der Waals surface area contributed by atoms with Gasteiger partial charge in [0.15, 0.2) is 6.61 Å². The summed E-state index contributed by atoms with van der Waals surface area (Å²) in [6.45, 7) is 0.0725. The van der Waals surface area contributed by atoms with E-state index in [1.165, 1.54) is 12.1 Å². The molecule has 0 saturated heterocycles. The molecule has 0 unspecified atom stereocenters. The van der Waals surface area contributed by atoms with Gasteiger partial charge in [0.2, 0.25) is 5.91 Å². The molecule has 0 spiro atoms. The average Bonchev–Trinajstić information content (AvgIpc) is 2.66. The number of nitro groups is 1. The van der Waals surface area contributed by atoms with E-state index in [0.717, 1.165) is 11.1 Å². The molecule has 2 N–H and O–H groups in total. The highest BCUT2D eigenvalue weighted by atomic mass is 16.6. The Labute approximate surface area is 155 Å². The van der Waals surface area contributed by atoms with Crippen LogP contribution in [0, 0.1) is 10.1 Å². The highest BCUT2D eigenvalue weighted by Crippen LogP contribution is 2.14. The molecular formula is C19H20N2O6. The molecule has 0 fully saturated rings. The predicted molar refractivity (Wildman–Crippen MR) is 97.7 cm³/mol. The van der Waals surface area contributed by atoms with Gasteiger partial charge in [-0.1, -0.05) is 24.3 Å². The number of hydrogen-bond acceptors (Lipinski definition) is 5. The minimum atomic E-state index is -1.04. The van der Waals surface area contributed by atoms with E-state index in [4.69, 9.17) is 9.84 Å². The molecule has 27 heavy (non-hydrogen) atoms. The van der Waals surface area contributed by atoms with Crippen molar-refractivity contribution in [2.45, 2.75) is 19.3 Å². The lowest BCUT2D eigenvalue weighted by molar-refractivity contribution is -0.384. The van der Waals surface area contributed by atoms with Gasteiger partial charge in [0.05, 0.1) is 4.92 Å². The second-order valence-electron chi connectivity index (χ2n) is 5.85. The minimum Gasteiger partial charge on any atom is -0.482 e. The standard InChI is InChI=1S/C19H20N2O6/c22-18(9-6-15-2-1-3-16(12-15)21(25)26)20-11-10-14-4-7-17(8-5-14)27-13-19(23)24/h1-5,7-8,12H,6,9-11,13H2,(H,20,22)(H,23,24). The number of nitrogens with one attached hydrogen (secondary N) is 1. The molecule has 0 aliphatic carbocycles. The van der Waals surface area contributed by atoms with Crippen LogP contribution in [-0.2, 0) is 22.4 Å². The fraction of sp³-hybridized carbons (Fsp3) is 0.263. The van der Waals surface area contributed by atoms with Crippen molar-refractivity contribution < 1.29 is 24.4 Å². The Bertz CT molecular complexity index is 804. The van der Waals surface area contributed by atoms with E-state index in [-0.39, 0.29) is 24.6 Å². The van der Waals surface area contributed by atoms with Gasteiger partial charge in [0, 0.05) is 25.1 Å². The zero-order valence-electron chi connectivity index (χ0n) is 14.6. The first-order valence-electron chi connectivity index (χ1n) is 8.37. The monoisotopic (exact) mass is 372 g/mol. The summed E-state index contributed by atoms with van der Waals surface area (Å²) in [6.07, 6.45) is 1.31. The van der Waals surface area contributed by atoms with Crippen LogP contribution in [0.25, 0.3) is 0 Å². The van der Waals surface area contributed by atoms with Gasteiger partial charge in [-0.3, -0.25) is 14.9 Å². The quantitative estimate of drug-likeness (QED) is 0.488. The van der Waals surface area contributed by atoms with Crippen LogP contribution in [0.5, 0.6) is 5.75 Å². The molecule has 0 aliphatic heterocycles. The fourth-order valence-electron chi connectivity index (χ4n) is 2.42. The number of carbonyl (C=O) groups is 2. The van der Waals surface area contributed by atoms with E-state index in [1.54, 1.807) is 24.3 Å². The highest BCUT2D eigenvalue weighted by Gasteiger charge is 2.07. The number of nitro benzene ring substituents is 1. The van der Waals surface area contributed by atoms with Crippen molar-refractivity contribution in [2.75, 3.05) is 13.2 Å². The molecule has 8 nitrogen and oxygen atoms in total. The number of ether oxygens (including phenoxy) is 1. The summed E-state index contributed by atoms with van der Waals surface area (Å²) >= 11 is 0. The number of aliphatic carboxylic acids is 1. The van der Waals surface area contributed by atoms with Crippen molar-refractivity contribution in [3.05, 3.63) is 69.8 Å². The van der Waals surface area contributed by atoms with Crippen LogP contribution in [0.3, 0.4) is 0 Å². The zero-order valence-corrected chi connectivity index (χ0v) is 14.6. The number of hydrogen-bond donors (Lipinski definition) is 2. The van der Waals surface area contributed by atoms with Crippen molar-refractivity contribution in [3.8, 4) is 5.75 Å². The molecule has 0 bridgehead atoms. The van der Waals surface area contributed by atoms with Gasteiger partial charge in [0.25, 0.3) is 5.69 Å². The maximum atomic E-state index is 11.9. The number of aryl methyl sites for hydroxylation is 1. The normalized spacial score (nSPS) is 10.2. The Morgan fingerprint density at radius 2 is 1.81 bits per heavy atom. The molecule has 8 heteroatoms. The first-order chi connectivity index (χ1) is 12.9. The first-order valence-corrected chi connectivity index (χ1v) is 8.37. The summed E-state index contributed by atoms with van der Waals surface area (Å²) in [7, 11) is 0. The fourth-order valence-corrected chi connectivity index (χ4v) is 2.42. The van der Waals surface area contributed by atoms with Crippen LogP contribution in [0.4, 0.5) is 5.69 Å². The molecule has 2 aromatic rings. The molecular weight excluding hydrogens is 352 g/mol. The SMILES string of the molecule is O=C(O)COc1ccc(CCNC(=O)CCc2cccc([N+](=O)[O-])c2)cc1. The Kier molecular flexibility index (Phi) is 7.30. The zero-order chi connectivity index (χ0) is 19.6. The second-order valence-corrected chi connectivity index (χ2v) is 5.85. The highest BCUT2D eigenvalue weighted by molar-refractivity contribution is 5.76. The van der Waals surface area contributed by atoms with E-state index in [2.05, 4.69) is 5.32 Å². The molecule has 0 aliphatic rings. The maximum Gasteiger partial charge on any atom is 0.341 e. The number of carboxylic acids is 1. The average molecular weight is 372 g/mol. The Morgan fingerprint density at radius 1 is 1.07 bits per heavy atom. The number of benzene rings is 2. The van der Waals surface area contributed by atoms with E-state index in [1.807, 2.05) is 12.1 Å². The second kappa shape index (κ2) is 9.91. The number of carbonyl (C=O) groups excluding carboxylic acids is 1. The molecule has 2 aromatic carbocycles. The van der Waals surface area contributed by atoms with Crippen LogP contribution in [-0.4, -0.2) is 35.1 Å². The molecule has 0 saturated carbocycles. The Balaban J connectivity index is 1.70. The van der Waals surface area contributed by atoms with Crippen molar-refractivity contribution in [1.82, 2.24) is 5.32 Å². The predicted octanol–water partition coefficient (Wildman–Crippen LogP) is 2.35. The maximum absolute atomic E-state index is 11.9. The summed E-state index contributed by atoms with van der Waals surface area (Å²) in [5.41, 5.74) is 1.75. The van der Waals surface area contributed by atoms with Crippen molar-refractivity contribution in [1.29, 1.82) is 0 Å². The molecule has 0 atom stereocenters. The molecule has 142 valence electrons. The summed E-state index contributed by atoms with van der Waals surface area (Å²) in [6, 6.07) is 13.2. The lowest BCUT2D eigenvalue weighted by atomic mass is 10.1. The number of nitrogens with zero attached hydrogens (tertiary/aromatic N) is 1. The summed E-state index contributed by atoms with van der Waals surface area (Å²) < 4.78 is 5.05. The number of rotatable bonds is 10. The van der Waals surface area contributed by atoms with Crippen LogP contribution in [0.15, 0.2) is 48.5 Å². The van der Waals surface area contributed by atoms with Gasteiger partial charge in [-0.2, -0.15) is 0 Å². The number of amides is 1. The van der Waals surface area contributed by atoms with E-state index >= 15 is 0 Å². The molecule has 0 aromatic heterocycles. The summed E-state index contributed by atoms with van der Waals surface area (Å²) in [5.74, 6) is -0.683. The lowest BCUT2D eigenvalue weighted by Crippen LogP contribution is -2.25. The van der Waals surface area contributed by atoms with Gasteiger partial charge < -0.3 is 15.2 Å². The lowest BCUT2D eigenvalue weighted by Gasteiger charge is -2.07. The smallest absolute Gasteiger partial charge is 0.341 e. The molecule has 0 heterocycles. The summed E-state index contributed by atoms with van der Waals surface area (Å²) in [4.78, 5) is 32.6. The third-order valence-corrected chi connectivity index (χ3v) is 3.78. The van der Waals surface area contributed by atoms with Crippen LogP contribution >= 0.6 is 0 Å². The summed E-state index contributed by atoms with van der Waals surface area (Å²) in [5, 5.41) is 22.1. The third-order valence-electron chi connectivity index (χ3n) is 3.78. The third kappa shape index (κ3) is 7.15. The first kappa shape index (κ1) is 19.9. The van der Waals surface area contributed by atoms with Crippen molar-refractivity contribution in [2.24, 2.45) is 0 Å². The topological polar surface area (TPSA) is 119 Å². The van der Waals surface area contributed by atoms with Crippen LogP contribution in [0.1, 0.15) is 17.5 Å².